The van der Waals surface area contributed by atoms with Crippen LogP contribution >= 0.6 is 0 Å². The number of carbonyl (C=O) groups excluding carboxylic acids is 2. The SMILES string of the molecule is COc1ccc2[nH]c(C(=O)N3C[C@@H]4OCCC(=O)N(Cc5ccccc5)[C@H]4C3)c(C)c2c1. The van der Waals surface area contributed by atoms with Gasteiger partial charge in [0.2, 0.25) is 5.91 Å². The normalized spacial score (nSPS) is 21.0. The second kappa shape index (κ2) is 8.31. The smallest absolute Gasteiger partial charge is 0.270 e. The Morgan fingerprint density at radius 3 is 2.78 bits per heavy atom. The second-order valence-corrected chi connectivity index (χ2v) is 8.48. The molecule has 2 aliphatic heterocycles. The molecule has 0 unspecified atom stereocenters. The standard InChI is InChI=1S/C25H27N3O4/c1-16-19-12-18(31-2)8-9-20(19)26-24(16)25(30)27-14-21-22(15-27)32-11-10-23(29)28(21)13-17-6-4-3-5-7-17/h3-9,12,21-22,26H,10-11,13-15H2,1-2H3/t21-,22-/m0/s1. The Labute approximate surface area is 186 Å². The van der Waals surface area contributed by atoms with E-state index in [-0.39, 0.29) is 24.0 Å². The molecule has 1 aromatic heterocycles. The monoisotopic (exact) mass is 433 g/mol. The van der Waals surface area contributed by atoms with Crippen molar-refractivity contribution in [3.8, 4) is 5.75 Å². The Bertz CT molecular complexity index is 1160. The molecule has 1 N–H and O–H groups in total. The van der Waals surface area contributed by atoms with Crippen molar-refractivity contribution in [1.29, 1.82) is 0 Å². The largest absolute Gasteiger partial charge is 0.497 e. The highest BCUT2D eigenvalue weighted by Crippen LogP contribution is 2.30. The van der Waals surface area contributed by atoms with Gasteiger partial charge in [0.15, 0.2) is 0 Å². The zero-order valence-electron chi connectivity index (χ0n) is 18.3. The van der Waals surface area contributed by atoms with Crippen molar-refractivity contribution in [3.05, 3.63) is 65.4 Å². The van der Waals surface area contributed by atoms with E-state index in [2.05, 4.69) is 4.98 Å². The summed E-state index contributed by atoms with van der Waals surface area (Å²) in [7, 11) is 1.63. The van der Waals surface area contributed by atoms with Crippen molar-refractivity contribution in [2.45, 2.75) is 32.0 Å². The molecule has 2 aliphatic rings. The highest BCUT2D eigenvalue weighted by molar-refractivity contribution is 6.01. The Morgan fingerprint density at radius 1 is 1.19 bits per heavy atom. The first-order chi connectivity index (χ1) is 15.5. The highest BCUT2D eigenvalue weighted by Gasteiger charge is 2.43. The molecule has 0 saturated carbocycles. The zero-order valence-corrected chi connectivity index (χ0v) is 18.3. The number of carbonyl (C=O) groups is 2. The van der Waals surface area contributed by atoms with Gasteiger partial charge >= 0.3 is 0 Å². The number of rotatable bonds is 4. The lowest BCUT2D eigenvalue weighted by atomic mass is 10.1. The number of aromatic nitrogens is 1. The lowest BCUT2D eigenvalue weighted by Gasteiger charge is -2.29. The average Bonchev–Trinajstić information content (AvgIpc) is 3.34. The summed E-state index contributed by atoms with van der Waals surface area (Å²) < 4.78 is 11.3. The molecule has 2 fully saturated rings. The predicted molar refractivity (Wildman–Crippen MR) is 121 cm³/mol. The number of aryl methyl sites for hydroxylation is 1. The summed E-state index contributed by atoms with van der Waals surface area (Å²) in [6.07, 6.45) is 0.190. The summed E-state index contributed by atoms with van der Waals surface area (Å²) in [6.45, 7) is 3.79. The maximum Gasteiger partial charge on any atom is 0.270 e. The van der Waals surface area contributed by atoms with Crippen molar-refractivity contribution in [3.63, 3.8) is 0 Å². The highest BCUT2D eigenvalue weighted by atomic mass is 16.5. The number of H-pyrrole nitrogens is 1. The van der Waals surface area contributed by atoms with Crippen LogP contribution in [0, 0.1) is 6.92 Å². The Kier molecular flexibility index (Phi) is 5.35. The Balaban J connectivity index is 1.40. The number of nitrogens with one attached hydrogen (secondary N) is 1. The first kappa shape index (κ1) is 20.6. The molecule has 166 valence electrons. The number of hydrogen-bond donors (Lipinski definition) is 1. The quantitative estimate of drug-likeness (QED) is 0.686. The van der Waals surface area contributed by atoms with E-state index >= 15 is 0 Å². The number of benzene rings is 2. The molecular formula is C25H27N3O4. The molecule has 5 rings (SSSR count). The zero-order chi connectivity index (χ0) is 22.2. The molecular weight excluding hydrogens is 406 g/mol. The van der Waals surface area contributed by atoms with Gasteiger partial charge in [-0.1, -0.05) is 30.3 Å². The van der Waals surface area contributed by atoms with Gasteiger partial charge in [-0.3, -0.25) is 9.59 Å². The van der Waals surface area contributed by atoms with Crippen molar-refractivity contribution in [1.82, 2.24) is 14.8 Å². The van der Waals surface area contributed by atoms with Gasteiger partial charge in [-0.2, -0.15) is 0 Å². The second-order valence-electron chi connectivity index (χ2n) is 8.48. The minimum Gasteiger partial charge on any atom is -0.497 e. The Morgan fingerprint density at radius 2 is 2.00 bits per heavy atom. The van der Waals surface area contributed by atoms with Gasteiger partial charge in [0.25, 0.3) is 5.91 Å². The van der Waals surface area contributed by atoms with Gasteiger partial charge in [-0.15, -0.1) is 0 Å². The molecule has 0 radical (unpaired) electrons. The van der Waals surface area contributed by atoms with Crippen LogP contribution in [0.15, 0.2) is 48.5 Å². The average molecular weight is 434 g/mol. The minimum absolute atomic E-state index is 0.0681. The molecule has 3 heterocycles. The number of methoxy groups -OCH3 is 1. The van der Waals surface area contributed by atoms with E-state index in [1.165, 1.54) is 0 Å². The van der Waals surface area contributed by atoms with E-state index in [1.54, 1.807) is 12.0 Å². The molecule has 7 heteroatoms. The molecule has 2 saturated heterocycles. The summed E-state index contributed by atoms with van der Waals surface area (Å²) >= 11 is 0. The maximum atomic E-state index is 13.5. The van der Waals surface area contributed by atoms with Crippen LogP contribution in [0.3, 0.4) is 0 Å². The summed E-state index contributed by atoms with van der Waals surface area (Å²) in [5, 5.41) is 0.971. The van der Waals surface area contributed by atoms with Crippen LogP contribution in [0.2, 0.25) is 0 Å². The summed E-state index contributed by atoms with van der Waals surface area (Å²) in [5.74, 6) is 0.761. The summed E-state index contributed by atoms with van der Waals surface area (Å²) in [4.78, 5) is 33.3. The first-order valence-corrected chi connectivity index (χ1v) is 11.0. The van der Waals surface area contributed by atoms with E-state index < -0.39 is 0 Å². The molecule has 2 amide bonds. The van der Waals surface area contributed by atoms with Crippen LogP contribution in [-0.2, 0) is 16.1 Å². The third-order valence-electron chi connectivity index (χ3n) is 6.57. The molecule has 0 bridgehead atoms. The maximum absolute atomic E-state index is 13.5. The summed E-state index contributed by atoms with van der Waals surface area (Å²) in [6, 6.07) is 15.5. The van der Waals surface area contributed by atoms with E-state index in [4.69, 9.17) is 9.47 Å². The number of ether oxygens (including phenoxy) is 2. The molecule has 7 nitrogen and oxygen atoms in total. The van der Waals surface area contributed by atoms with E-state index in [1.807, 2.05) is 60.4 Å². The van der Waals surface area contributed by atoms with Crippen LogP contribution in [0.4, 0.5) is 0 Å². The fourth-order valence-corrected chi connectivity index (χ4v) is 4.80. The van der Waals surface area contributed by atoms with Gasteiger partial charge in [0, 0.05) is 30.5 Å². The third kappa shape index (κ3) is 3.62. The predicted octanol–water partition coefficient (Wildman–Crippen LogP) is 3.13. The lowest BCUT2D eigenvalue weighted by Crippen LogP contribution is -2.45. The number of likely N-dealkylation sites (tertiary alicyclic amines) is 1. The van der Waals surface area contributed by atoms with E-state index in [9.17, 15) is 9.59 Å². The molecule has 2 atom stereocenters. The van der Waals surface area contributed by atoms with Crippen molar-refractivity contribution in [2.75, 3.05) is 26.8 Å². The van der Waals surface area contributed by atoms with Crippen LogP contribution in [0.1, 0.15) is 28.0 Å². The Hall–Kier alpha value is -3.32. The molecule has 3 aromatic rings. The molecule has 0 aliphatic carbocycles. The van der Waals surface area contributed by atoms with Gasteiger partial charge in [-0.25, -0.2) is 0 Å². The third-order valence-corrected chi connectivity index (χ3v) is 6.57. The molecule has 0 spiro atoms. The van der Waals surface area contributed by atoms with Gasteiger partial charge < -0.3 is 24.3 Å². The van der Waals surface area contributed by atoms with Crippen molar-refractivity contribution >= 4 is 22.7 Å². The molecule has 2 aromatic carbocycles. The number of amides is 2. The van der Waals surface area contributed by atoms with Gasteiger partial charge in [0.1, 0.15) is 11.4 Å². The summed E-state index contributed by atoms with van der Waals surface area (Å²) in [5.41, 5.74) is 3.45. The molecule has 32 heavy (non-hydrogen) atoms. The van der Waals surface area contributed by atoms with Crippen molar-refractivity contribution < 1.29 is 19.1 Å². The first-order valence-electron chi connectivity index (χ1n) is 11.0. The van der Waals surface area contributed by atoms with Crippen LogP contribution in [0.25, 0.3) is 10.9 Å². The minimum atomic E-state index is -0.182. The van der Waals surface area contributed by atoms with Gasteiger partial charge in [0.05, 0.1) is 32.3 Å². The number of hydrogen-bond acceptors (Lipinski definition) is 4. The lowest BCUT2D eigenvalue weighted by molar-refractivity contribution is -0.133. The number of fused-ring (bicyclic) bond motifs is 2. The fraction of sp³-hybridized carbons (Fsp3) is 0.360. The van der Waals surface area contributed by atoms with E-state index in [0.717, 1.165) is 27.8 Å². The van der Waals surface area contributed by atoms with Crippen LogP contribution in [-0.4, -0.2) is 65.6 Å². The van der Waals surface area contributed by atoms with E-state index in [0.29, 0.717) is 38.4 Å². The fourth-order valence-electron chi connectivity index (χ4n) is 4.80. The number of nitrogens with zero attached hydrogens (tertiary/aromatic N) is 2. The number of aromatic amines is 1. The van der Waals surface area contributed by atoms with Crippen molar-refractivity contribution in [2.24, 2.45) is 0 Å². The van der Waals surface area contributed by atoms with Crippen LogP contribution < -0.4 is 4.74 Å². The van der Waals surface area contributed by atoms with Gasteiger partial charge in [-0.05, 0) is 36.2 Å². The van der Waals surface area contributed by atoms with Crippen LogP contribution in [0.5, 0.6) is 5.75 Å². The topological polar surface area (TPSA) is 74.9 Å².